The molecule has 0 spiro atoms. The van der Waals surface area contributed by atoms with Crippen LogP contribution >= 0.6 is 11.6 Å². The maximum absolute atomic E-state index is 12.8. The third kappa shape index (κ3) is 5.45. The second-order valence-electron chi connectivity index (χ2n) is 7.26. The fourth-order valence-corrected chi connectivity index (χ4v) is 3.41. The summed E-state index contributed by atoms with van der Waals surface area (Å²) in [6.07, 6.45) is 3.19. The van der Waals surface area contributed by atoms with E-state index >= 15 is 0 Å². The van der Waals surface area contributed by atoms with Crippen LogP contribution in [0.4, 0.5) is 17.5 Å². The Hall–Kier alpha value is -3.98. The second kappa shape index (κ2) is 10.1. The van der Waals surface area contributed by atoms with E-state index in [1.54, 1.807) is 31.3 Å². The van der Waals surface area contributed by atoms with Crippen LogP contribution in [0.1, 0.15) is 21.7 Å². The minimum Gasteiger partial charge on any atom is -0.368 e. The van der Waals surface area contributed by atoms with Crippen molar-refractivity contribution in [3.05, 3.63) is 76.9 Å². The zero-order valence-corrected chi connectivity index (χ0v) is 18.8. The van der Waals surface area contributed by atoms with E-state index in [0.717, 1.165) is 5.56 Å². The number of halogens is 1. The van der Waals surface area contributed by atoms with Gasteiger partial charge in [-0.3, -0.25) is 4.79 Å². The summed E-state index contributed by atoms with van der Waals surface area (Å²) in [5.74, 6) is 2.06. The van der Waals surface area contributed by atoms with E-state index in [1.807, 2.05) is 31.2 Å². The van der Waals surface area contributed by atoms with Crippen LogP contribution in [0.5, 0.6) is 0 Å². The van der Waals surface area contributed by atoms with Crippen molar-refractivity contribution in [2.24, 2.45) is 0 Å². The third-order valence-electron chi connectivity index (χ3n) is 4.77. The van der Waals surface area contributed by atoms with Crippen molar-refractivity contribution in [2.75, 3.05) is 23.7 Å². The number of hydrogen-bond acceptors (Lipinski definition) is 8. The first-order valence-electron chi connectivity index (χ1n) is 10.3. The predicted molar refractivity (Wildman–Crippen MR) is 127 cm³/mol. The highest BCUT2D eigenvalue weighted by Crippen LogP contribution is 2.30. The number of nitrogens with one attached hydrogen (secondary N) is 3. The highest BCUT2D eigenvalue weighted by atomic mass is 35.5. The summed E-state index contributed by atoms with van der Waals surface area (Å²) in [5.41, 5.74) is 2.52. The molecule has 0 aliphatic heterocycles. The van der Waals surface area contributed by atoms with E-state index in [9.17, 15) is 4.79 Å². The van der Waals surface area contributed by atoms with Gasteiger partial charge >= 0.3 is 0 Å². The van der Waals surface area contributed by atoms with Crippen LogP contribution in [0.15, 0.2) is 59.5 Å². The molecule has 168 valence electrons. The van der Waals surface area contributed by atoms with Crippen molar-refractivity contribution in [2.45, 2.75) is 13.8 Å². The Balaban J connectivity index is 1.34. The van der Waals surface area contributed by atoms with Crippen molar-refractivity contribution in [1.82, 2.24) is 25.4 Å². The van der Waals surface area contributed by atoms with Crippen LogP contribution in [0.25, 0.3) is 11.3 Å². The monoisotopic (exact) mass is 463 g/mol. The number of benzene rings is 1. The van der Waals surface area contributed by atoms with Crippen molar-refractivity contribution in [3.63, 3.8) is 0 Å². The smallest absolute Gasteiger partial charge is 0.257 e. The Bertz CT molecular complexity index is 1280. The number of anilines is 3. The number of pyridine rings is 1. The van der Waals surface area contributed by atoms with Gasteiger partial charge in [-0.05, 0) is 37.6 Å². The van der Waals surface area contributed by atoms with Crippen molar-refractivity contribution < 1.29 is 9.32 Å². The number of nitrogens with zero attached hydrogens (tertiary/aromatic N) is 4. The molecule has 10 heteroatoms. The number of carbonyl (C=O) groups excluding carboxylic acids is 1. The quantitative estimate of drug-likeness (QED) is 0.329. The number of carbonyl (C=O) groups is 1. The molecule has 0 saturated carbocycles. The molecule has 4 rings (SSSR count). The van der Waals surface area contributed by atoms with E-state index in [4.69, 9.17) is 16.1 Å². The summed E-state index contributed by atoms with van der Waals surface area (Å²) in [5, 5.41) is 13.7. The molecular formula is C23H22ClN7O2. The lowest BCUT2D eigenvalue weighted by Gasteiger charge is -2.10. The summed E-state index contributed by atoms with van der Waals surface area (Å²) in [6.45, 7) is 4.50. The highest BCUT2D eigenvalue weighted by Gasteiger charge is 2.22. The Morgan fingerprint density at radius 3 is 2.61 bits per heavy atom. The zero-order chi connectivity index (χ0) is 23.2. The summed E-state index contributed by atoms with van der Waals surface area (Å²) in [7, 11) is 0. The Labute approximate surface area is 195 Å². The highest BCUT2D eigenvalue weighted by molar-refractivity contribution is 6.33. The SMILES string of the molecule is Cc1ccnc(Nc2cc(NCCNC(=O)c3c(-c4ccccc4Cl)noc3C)ncn2)c1. The van der Waals surface area contributed by atoms with Crippen molar-refractivity contribution >= 4 is 35.0 Å². The Morgan fingerprint density at radius 1 is 1.00 bits per heavy atom. The molecule has 3 N–H and O–H groups in total. The van der Waals surface area contributed by atoms with E-state index in [-0.39, 0.29) is 5.91 Å². The van der Waals surface area contributed by atoms with Gasteiger partial charge in [0.1, 0.15) is 40.8 Å². The molecule has 0 atom stereocenters. The van der Waals surface area contributed by atoms with Gasteiger partial charge in [0.25, 0.3) is 5.91 Å². The summed E-state index contributed by atoms with van der Waals surface area (Å²) in [4.78, 5) is 25.5. The van der Waals surface area contributed by atoms with Gasteiger partial charge in [0, 0.05) is 30.9 Å². The minimum absolute atomic E-state index is 0.291. The number of amides is 1. The number of aromatic nitrogens is 4. The number of aryl methyl sites for hydroxylation is 2. The maximum atomic E-state index is 12.8. The van der Waals surface area contributed by atoms with Gasteiger partial charge in [0.05, 0.1) is 5.02 Å². The van der Waals surface area contributed by atoms with E-state index in [1.165, 1.54) is 6.33 Å². The van der Waals surface area contributed by atoms with Gasteiger partial charge in [0.2, 0.25) is 0 Å². The van der Waals surface area contributed by atoms with Crippen molar-refractivity contribution in [1.29, 1.82) is 0 Å². The van der Waals surface area contributed by atoms with Gasteiger partial charge < -0.3 is 20.5 Å². The summed E-state index contributed by atoms with van der Waals surface area (Å²) >= 11 is 6.27. The Morgan fingerprint density at radius 2 is 1.79 bits per heavy atom. The molecule has 0 radical (unpaired) electrons. The standard InChI is InChI=1S/C23H22ClN7O2/c1-14-7-8-25-19(11-14)30-20-12-18(28-13-29-20)26-9-10-27-23(32)21-15(2)33-31-22(21)16-5-3-4-6-17(16)24/h3-8,11-13H,9-10H2,1-2H3,(H,27,32)(H2,25,26,28,29,30). The molecule has 3 heterocycles. The molecule has 0 aliphatic carbocycles. The average Bonchev–Trinajstić information content (AvgIpc) is 3.18. The van der Waals surface area contributed by atoms with Crippen LogP contribution in [0.3, 0.4) is 0 Å². The molecule has 0 bridgehead atoms. The number of rotatable bonds is 8. The first kappa shape index (κ1) is 22.2. The lowest BCUT2D eigenvalue weighted by molar-refractivity contribution is 0.0954. The molecule has 0 unspecified atom stereocenters. The van der Waals surface area contributed by atoms with E-state index < -0.39 is 0 Å². The second-order valence-corrected chi connectivity index (χ2v) is 7.66. The lowest BCUT2D eigenvalue weighted by Crippen LogP contribution is -2.29. The fraction of sp³-hybridized carbons (Fsp3) is 0.174. The maximum Gasteiger partial charge on any atom is 0.257 e. The van der Waals surface area contributed by atoms with E-state index in [0.29, 0.717) is 58.1 Å². The fourth-order valence-electron chi connectivity index (χ4n) is 3.19. The van der Waals surface area contributed by atoms with Crippen molar-refractivity contribution in [3.8, 4) is 11.3 Å². The molecule has 1 amide bonds. The minimum atomic E-state index is -0.291. The van der Waals surface area contributed by atoms with Crippen LogP contribution in [-0.2, 0) is 0 Å². The van der Waals surface area contributed by atoms with E-state index in [2.05, 4.69) is 36.1 Å². The van der Waals surface area contributed by atoms with Gasteiger partial charge in [0.15, 0.2) is 0 Å². The molecule has 33 heavy (non-hydrogen) atoms. The van der Waals surface area contributed by atoms with Gasteiger partial charge in [-0.15, -0.1) is 0 Å². The molecular weight excluding hydrogens is 442 g/mol. The first-order valence-corrected chi connectivity index (χ1v) is 10.6. The molecule has 4 aromatic rings. The molecule has 3 aromatic heterocycles. The molecule has 0 aliphatic rings. The molecule has 9 nitrogen and oxygen atoms in total. The molecule has 0 fully saturated rings. The van der Waals surface area contributed by atoms with Crippen LogP contribution in [0.2, 0.25) is 5.02 Å². The normalized spacial score (nSPS) is 10.6. The van der Waals surface area contributed by atoms with Gasteiger partial charge in [-0.25, -0.2) is 15.0 Å². The molecule has 0 saturated heterocycles. The van der Waals surface area contributed by atoms with Crippen LogP contribution in [-0.4, -0.2) is 39.1 Å². The van der Waals surface area contributed by atoms with Crippen LogP contribution < -0.4 is 16.0 Å². The third-order valence-corrected chi connectivity index (χ3v) is 5.10. The molecule has 1 aromatic carbocycles. The summed E-state index contributed by atoms with van der Waals surface area (Å²) < 4.78 is 5.26. The largest absolute Gasteiger partial charge is 0.368 e. The zero-order valence-electron chi connectivity index (χ0n) is 18.1. The Kier molecular flexibility index (Phi) is 6.80. The van der Waals surface area contributed by atoms with Gasteiger partial charge in [-0.1, -0.05) is 35.0 Å². The average molecular weight is 464 g/mol. The first-order chi connectivity index (χ1) is 16.0. The summed E-state index contributed by atoms with van der Waals surface area (Å²) in [6, 6.07) is 12.8. The predicted octanol–water partition coefficient (Wildman–Crippen LogP) is 4.38. The topological polar surface area (TPSA) is 118 Å². The number of hydrogen-bond donors (Lipinski definition) is 3. The van der Waals surface area contributed by atoms with Gasteiger partial charge in [-0.2, -0.15) is 0 Å². The van der Waals surface area contributed by atoms with Crippen LogP contribution in [0, 0.1) is 13.8 Å². The lowest BCUT2D eigenvalue weighted by atomic mass is 10.1.